The highest BCUT2D eigenvalue weighted by Crippen LogP contribution is 2.15. The van der Waals surface area contributed by atoms with Crippen LogP contribution in [0.2, 0.25) is 5.02 Å². The second-order valence-corrected chi connectivity index (χ2v) is 5.84. The van der Waals surface area contributed by atoms with Crippen molar-refractivity contribution in [1.29, 1.82) is 0 Å². The molecular formula is C14H23ClN2. The van der Waals surface area contributed by atoms with Gasteiger partial charge in [0.1, 0.15) is 0 Å². The Morgan fingerprint density at radius 2 is 1.88 bits per heavy atom. The number of hydrogen-bond donors (Lipinski definition) is 2. The van der Waals surface area contributed by atoms with Gasteiger partial charge >= 0.3 is 0 Å². The zero-order chi connectivity index (χ0) is 12.9. The highest BCUT2D eigenvalue weighted by Gasteiger charge is 2.06. The Kier molecular flexibility index (Phi) is 5.44. The van der Waals surface area contributed by atoms with Gasteiger partial charge in [0.25, 0.3) is 0 Å². The van der Waals surface area contributed by atoms with Crippen LogP contribution < -0.4 is 10.6 Å². The normalized spacial score (nSPS) is 11.8. The average molecular weight is 255 g/mol. The first kappa shape index (κ1) is 14.5. The molecule has 0 radical (unpaired) electrons. The smallest absolute Gasteiger partial charge is 0.0435 e. The predicted octanol–water partition coefficient (Wildman–Crippen LogP) is 3.13. The molecule has 0 spiro atoms. The van der Waals surface area contributed by atoms with Crippen LogP contribution >= 0.6 is 11.6 Å². The molecule has 0 aromatic heterocycles. The van der Waals surface area contributed by atoms with Crippen LogP contribution in [0.4, 0.5) is 0 Å². The molecule has 1 rings (SSSR count). The minimum Gasteiger partial charge on any atom is -0.311 e. The average Bonchev–Trinajstić information content (AvgIpc) is 2.21. The van der Waals surface area contributed by atoms with E-state index in [9.17, 15) is 0 Å². The lowest BCUT2D eigenvalue weighted by Crippen LogP contribution is -2.40. The standard InChI is InChI=1S/C14H23ClN2/c1-11-9-12(5-6-13(11)15)10-16-7-8-17-14(2,3)4/h5-6,9,16-17H,7-8,10H2,1-4H3. The molecule has 0 aliphatic heterocycles. The molecule has 2 N–H and O–H groups in total. The van der Waals surface area contributed by atoms with Crippen molar-refractivity contribution in [2.75, 3.05) is 13.1 Å². The minimum atomic E-state index is 0.193. The Labute approximate surface area is 110 Å². The molecule has 1 aromatic rings. The van der Waals surface area contributed by atoms with Crippen molar-refractivity contribution < 1.29 is 0 Å². The molecule has 0 bridgehead atoms. The van der Waals surface area contributed by atoms with Gasteiger partial charge in [-0.1, -0.05) is 23.7 Å². The zero-order valence-corrected chi connectivity index (χ0v) is 12.0. The maximum Gasteiger partial charge on any atom is 0.0435 e. The molecule has 0 atom stereocenters. The van der Waals surface area contributed by atoms with Gasteiger partial charge in [-0.25, -0.2) is 0 Å². The van der Waals surface area contributed by atoms with E-state index in [1.165, 1.54) is 5.56 Å². The Hall–Kier alpha value is -0.570. The van der Waals surface area contributed by atoms with Crippen LogP contribution in [0.3, 0.4) is 0 Å². The number of rotatable bonds is 5. The van der Waals surface area contributed by atoms with Gasteiger partial charge in [0, 0.05) is 30.2 Å². The van der Waals surface area contributed by atoms with Crippen molar-refractivity contribution >= 4 is 11.6 Å². The fourth-order valence-corrected chi connectivity index (χ4v) is 1.69. The van der Waals surface area contributed by atoms with E-state index in [0.29, 0.717) is 0 Å². The summed E-state index contributed by atoms with van der Waals surface area (Å²) in [4.78, 5) is 0. The summed E-state index contributed by atoms with van der Waals surface area (Å²) < 4.78 is 0. The van der Waals surface area contributed by atoms with Gasteiger partial charge < -0.3 is 10.6 Å². The van der Waals surface area contributed by atoms with Crippen molar-refractivity contribution in [1.82, 2.24) is 10.6 Å². The van der Waals surface area contributed by atoms with Crippen LogP contribution in [-0.2, 0) is 6.54 Å². The molecule has 0 aliphatic rings. The van der Waals surface area contributed by atoms with E-state index in [4.69, 9.17) is 11.6 Å². The van der Waals surface area contributed by atoms with Gasteiger partial charge in [0.05, 0.1) is 0 Å². The first-order valence-electron chi connectivity index (χ1n) is 6.09. The van der Waals surface area contributed by atoms with Gasteiger partial charge in [0.2, 0.25) is 0 Å². The maximum atomic E-state index is 5.98. The van der Waals surface area contributed by atoms with Crippen LogP contribution in [-0.4, -0.2) is 18.6 Å². The Morgan fingerprint density at radius 1 is 1.18 bits per heavy atom. The van der Waals surface area contributed by atoms with Gasteiger partial charge in [-0.05, 0) is 44.9 Å². The molecule has 0 saturated carbocycles. The highest BCUT2D eigenvalue weighted by atomic mass is 35.5. The number of aryl methyl sites for hydroxylation is 1. The van der Waals surface area contributed by atoms with Crippen LogP contribution in [0, 0.1) is 6.92 Å². The number of halogens is 1. The van der Waals surface area contributed by atoms with E-state index in [1.807, 2.05) is 13.0 Å². The summed E-state index contributed by atoms with van der Waals surface area (Å²) in [6.45, 7) is 11.4. The van der Waals surface area contributed by atoms with Crippen molar-refractivity contribution in [2.45, 2.75) is 39.8 Å². The predicted molar refractivity (Wildman–Crippen MR) is 75.7 cm³/mol. The third-order valence-electron chi connectivity index (χ3n) is 2.51. The molecule has 0 fully saturated rings. The minimum absolute atomic E-state index is 0.193. The highest BCUT2D eigenvalue weighted by molar-refractivity contribution is 6.31. The molecule has 0 saturated heterocycles. The quantitative estimate of drug-likeness (QED) is 0.789. The lowest BCUT2D eigenvalue weighted by atomic mass is 10.1. The van der Waals surface area contributed by atoms with Gasteiger partial charge in [0.15, 0.2) is 0 Å². The lowest BCUT2D eigenvalue weighted by molar-refractivity contribution is 0.421. The summed E-state index contributed by atoms with van der Waals surface area (Å²) in [5.74, 6) is 0. The lowest BCUT2D eigenvalue weighted by Gasteiger charge is -2.20. The first-order chi connectivity index (χ1) is 7.88. The number of hydrogen-bond acceptors (Lipinski definition) is 2. The van der Waals surface area contributed by atoms with Crippen molar-refractivity contribution in [3.8, 4) is 0 Å². The van der Waals surface area contributed by atoms with Crippen LogP contribution in [0.25, 0.3) is 0 Å². The SMILES string of the molecule is Cc1cc(CNCCNC(C)(C)C)ccc1Cl. The fraction of sp³-hybridized carbons (Fsp3) is 0.571. The Bertz CT molecular complexity index is 356. The van der Waals surface area contributed by atoms with E-state index in [0.717, 1.165) is 30.2 Å². The first-order valence-corrected chi connectivity index (χ1v) is 6.47. The summed E-state index contributed by atoms with van der Waals surface area (Å²) in [5.41, 5.74) is 2.61. The summed E-state index contributed by atoms with van der Waals surface area (Å²) in [6, 6.07) is 6.16. The second kappa shape index (κ2) is 6.39. The molecule has 0 amide bonds. The molecule has 3 heteroatoms. The molecular weight excluding hydrogens is 232 g/mol. The molecule has 2 nitrogen and oxygen atoms in total. The van der Waals surface area contributed by atoms with Gasteiger partial charge in [-0.2, -0.15) is 0 Å². The van der Waals surface area contributed by atoms with Crippen LogP contribution in [0.15, 0.2) is 18.2 Å². The summed E-state index contributed by atoms with van der Waals surface area (Å²) in [6.07, 6.45) is 0. The monoisotopic (exact) mass is 254 g/mol. The summed E-state index contributed by atoms with van der Waals surface area (Å²) in [5, 5.41) is 7.70. The topological polar surface area (TPSA) is 24.1 Å². The van der Waals surface area contributed by atoms with E-state index < -0.39 is 0 Å². The molecule has 0 aliphatic carbocycles. The third-order valence-corrected chi connectivity index (χ3v) is 2.93. The van der Waals surface area contributed by atoms with E-state index >= 15 is 0 Å². The van der Waals surface area contributed by atoms with Crippen LogP contribution in [0.1, 0.15) is 31.9 Å². The van der Waals surface area contributed by atoms with Crippen molar-refractivity contribution in [2.24, 2.45) is 0 Å². The molecule has 96 valence electrons. The maximum absolute atomic E-state index is 5.98. The summed E-state index contributed by atoms with van der Waals surface area (Å²) in [7, 11) is 0. The van der Waals surface area contributed by atoms with E-state index in [2.05, 4.69) is 43.5 Å². The largest absolute Gasteiger partial charge is 0.311 e. The van der Waals surface area contributed by atoms with Crippen molar-refractivity contribution in [3.05, 3.63) is 34.3 Å². The van der Waals surface area contributed by atoms with E-state index in [1.54, 1.807) is 0 Å². The Morgan fingerprint density at radius 3 is 2.47 bits per heavy atom. The van der Waals surface area contributed by atoms with Gasteiger partial charge in [-0.15, -0.1) is 0 Å². The number of nitrogens with one attached hydrogen (secondary N) is 2. The Balaban J connectivity index is 2.25. The summed E-state index contributed by atoms with van der Waals surface area (Å²) >= 11 is 5.98. The van der Waals surface area contributed by atoms with Crippen molar-refractivity contribution in [3.63, 3.8) is 0 Å². The third kappa shape index (κ3) is 6.06. The molecule has 0 heterocycles. The molecule has 1 aromatic carbocycles. The van der Waals surface area contributed by atoms with E-state index in [-0.39, 0.29) is 5.54 Å². The molecule has 17 heavy (non-hydrogen) atoms. The fourth-order valence-electron chi connectivity index (χ4n) is 1.58. The molecule has 0 unspecified atom stereocenters. The van der Waals surface area contributed by atoms with Gasteiger partial charge in [-0.3, -0.25) is 0 Å². The second-order valence-electron chi connectivity index (χ2n) is 5.44. The zero-order valence-electron chi connectivity index (χ0n) is 11.2. The number of benzene rings is 1. The van der Waals surface area contributed by atoms with Crippen LogP contribution in [0.5, 0.6) is 0 Å².